The molecule has 1 aromatic heterocycles. The molecule has 0 amide bonds. The van der Waals surface area contributed by atoms with Crippen LogP contribution in [0.3, 0.4) is 0 Å². The SMILES string of the molecule is O=C(OCc1nnc(-c2ccc([N+](=O)[O-])cc2)o1)c1c2ccccc2cc2ccccc12. The van der Waals surface area contributed by atoms with Crippen molar-refractivity contribution >= 4 is 33.2 Å². The van der Waals surface area contributed by atoms with Gasteiger partial charge in [-0.25, -0.2) is 4.79 Å². The molecule has 32 heavy (non-hydrogen) atoms. The Morgan fingerprint density at radius 1 is 0.906 bits per heavy atom. The van der Waals surface area contributed by atoms with E-state index in [1.807, 2.05) is 54.6 Å². The van der Waals surface area contributed by atoms with Crippen molar-refractivity contribution in [1.29, 1.82) is 0 Å². The molecule has 0 atom stereocenters. The van der Waals surface area contributed by atoms with Gasteiger partial charge in [0.15, 0.2) is 6.61 Å². The van der Waals surface area contributed by atoms with Crippen LogP contribution in [0.4, 0.5) is 5.69 Å². The van der Waals surface area contributed by atoms with Gasteiger partial charge in [0.1, 0.15) is 0 Å². The van der Waals surface area contributed by atoms with Gasteiger partial charge in [0.25, 0.3) is 11.6 Å². The van der Waals surface area contributed by atoms with Gasteiger partial charge >= 0.3 is 5.97 Å². The van der Waals surface area contributed by atoms with Crippen LogP contribution in [0.1, 0.15) is 16.2 Å². The molecule has 1 heterocycles. The summed E-state index contributed by atoms with van der Waals surface area (Å²) in [6.45, 7) is -0.198. The fourth-order valence-corrected chi connectivity index (χ4v) is 3.59. The van der Waals surface area contributed by atoms with E-state index in [0.29, 0.717) is 11.1 Å². The fourth-order valence-electron chi connectivity index (χ4n) is 3.59. The fraction of sp³-hybridized carbons (Fsp3) is 0.0417. The lowest BCUT2D eigenvalue weighted by Crippen LogP contribution is -2.07. The zero-order valence-corrected chi connectivity index (χ0v) is 16.6. The number of rotatable bonds is 5. The van der Waals surface area contributed by atoms with E-state index < -0.39 is 10.9 Å². The van der Waals surface area contributed by atoms with E-state index in [1.165, 1.54) is 24.3 Å². The van der Waals surface area contributed by atoms with Crippen molar-refractivity contribution in [2.75, 3.05) is 0 Å². The van der Waals surface area contributed by atoms with Gasteiger partial charge in [0.05, 0.1) is 10.5 Å². The average molecular weight is 425 g/mol. The van der Waals surface area contributed by atoms with Gasteiger partial charge in [-0.1, -0.05) is 48.5 Å². The van der Waals surface area contributed by atoms with Crippen molar-refractivity contribution in [3.63, 3.8) is 0 Å². The van der Waals surface area contributed by atoms with Crippen LogP contribution >= 0.6 is 0 Å². The van der Waals surface area contributed by atoms with E-state index in [9.17, 15) is 14.9 Å². The van der Waals surface area contributed by atoms with E-state index >= 15 is 0 Å². The maximum atomic E-state index is 13.0. The molecule has 156 valence electrons. The first-order valence-electron chi connectivity index (χ1n) is 9.75. The lowest BCUT2D eigenvalue weighted by Gasteiger charge is -2.10. The maximum Gasteiger partial charge on any atom is 0.339 e. The predicted octanol–water partition coefficient (Wildman–Crippen LogP) is 5.31. The van der Waals surface area contributed by atoms with E-state index in [0.717, 1.165) is 21.5 Å². The summed E-state index contributed by atoms with van der Waals surface area (Å²) in [5.74, 6) is -0.189. The molecule has 0 aliphatic carbocycles. The van der Waals surface area contributed by atoms with Gasteiger partial charge in [0, 0.05) is 17.7 Å². The van der Waals surface area contributed by atoms with Crippen molar-refractivity contribution in [3.8, 4) is 11.5 Å². The van der Waals surface area contributed by atoms with Crippen LogP contribution < -0.4 is 0 Å². The van der Waals surface area contributed by atoms with Crippen LogP contribution in [0.25, 0.3) is 33.0 Å². The number of fused-ring (bicyclic) bond motifs is 2. The minimum absolute atomic E-state index is 0.0373. The number of carbonyl (C=O) groups is 1. The first kappa shape index (κ1) is 19.4. The minimum Gasteiger partial charge on any atom is -0.452 e. The molecule has 0 aliphatic heterocycles. The molecule has 0 unspecified atom stereocenters. The number of esters is 1. The number of benzene rings is 4. The summed E-state index contributed by atoms with van der Waals surface area (Å²) in [7, 11) is 0. The quantitative estimate of drug-likeness (QED) is 0.162. The Hall–Kier alpha value is -4.59. The first-order chi connectivity index (χ1) is 15.6. The Balaban J connectivity index is 1.40. The molecule has 0 radical (unpaired) electrons. The molecule has 0 N–H and O–H groups in total. The number of hydrogen-bond donors (Lipinski definition) is 0. The number of nitro groups is 1. The molecule has 8 nitrogen and oxygen atoms in total. The van der Waals surface area contributed by atoms with Gasteiger partial charge in [-0.2, -0.15) is 0 Å². The smallest absolute Gasteiger partial charge is 0.339 e. The Morgan fingerprint density at radius 2 is 1.53 bits per heavy atom. The summed E-state index contributed by atoms with van der Waals surface area (Å²) in [5.41, 5.74) is 0.972. The zero-order valence-electron chi connectivity index (χ0n) is 16.6. The van der Waals surface area contributed by atoms with Crippen molar-refractivity contribution < 1.29 is 18.9 Å². The average Bonchev–Trinajstić information content (AvgIpc) is 3.30. The molecule has 4 aromatic carbocycles. The lowest BCUT2D eigenvalue weighted by molar-refractivity contribution is -0.384. The monoisotopic (exact) mass is 425 g/mol. The molecule has 5 rings (SSSR count). The summed E-state index contributed by atoms with van der Waals surface area (Å²) >= 11 is 0. The van der Waals surface area contributed by atoms with Crippen LogP contribution in [0.2, 0.25) is 0 Å². The lowest BCUT2D eigenvalue weighted by atomic mass is 9.97. The second-order valence-corrected chi connectivity index (χ2v) is 7.07. The molecule has 5 aromatic rings. The summed E-state index contributed by atoms with van der Waals surface area (Å²) in [6.07, 6.45) is 0. The van der Waals surface area contributed by atoms with E-state index in [1.54, 1.807) is 0 Å². The van der Waals surface area contributed by atoms with E-state index in [2.05, 4.69) is 10.2 Å². The van der Waals surface area contributed by atoms with Gasteiger partial charge in [-0.3, -0.25) is 10.1 Å². The molecule has 0 spiro atoms. The molecule has 0 saturated heterocycles. The summed E-state index contributed by atoms with van der Waals surface area (Å²) in [4.78, 5) is 23.3. The Morgan fingerprint density at radius 3 is 2.16 bits per heavy atom. The standard InChI is InChI=1S/C24H15N3O5/c28-24(22-19-7-3-1-5-16(19)13-17-6-2-4-8-20(17)22)31-14-21-25-26-23(32-21)15-9-11-18(12-10-15)27(29)30/h1-13H,14H2. The number of ether oxygens (including phenoxy) is 1. The topological polar surface area (TPSA) is 108 Å². The van der Waals surface area contributed by atoms with Crippen molar-refractivity contribution in [2.24, 2.45) is 0 Å². The summed E-state index contributed by atoms with van der Waals surface area (Å²) < 4.78 is 11.1. The third-order valence-corrected chi connectivity index (χ3v) is 5.09. The largest absolute Gasteiger partial charge is 0.452 e. The Kier molecular flexibility index (Phi) is 4.79. The van der Waals surface area contributed by atoms with Gasteiger partial charge in [-0.05, 0) is 39.7 Å². The second-order valence-electron chi connectivity index (χ2n) is 7.07. The van der Waals surface area contributed by atoms with Crippen LogP contribution in [0.15, 0.2) is 83.3 Å². The highest BCUT2D eigenvalue weighted by Crippen LogP contribution is 2.29. The van der Waals surface area contributed by atoms with Crippen LogP contribution in [0.5, 0.6) is 0 Å². The normalized spacial score (nSPS) is 11.0. The van der Waals surface area contributed by atoms with Crippen LogP contribution in [0, 0.1) is 10.1 Å². The van der Waals surface area contributed by atoms with Gasteiger partial charge < -0.3 is 9.15 Å². The van der Waals surface area contributed by atoms with Crippen LogP contribution in [-0.2, 0) is 11.3 Å². The highest BCUT2D eigenvalue weighted by atomic mass is 16.6. The van der Waals surface area contributed by atoms with E-state index in [-0.39, 0.29) is 24.1 Å². The van der Waals surface area contributed by atoms with Crippen molar-refractivity contribution in [1.82, 2.24) is 10.2 Å². The number of nitro benzene ring substituents is 1. The number of aromatic nitrogens is 2. The molecular formula is C24H15N3O5. The summed E-state index contributed by atoms with van der Waals surface area (Å²) in [5, 5.41) is 22.1. The van der Waals surface area contributed by atoms with Gasteiger partial charge in [-0.15, -0.1) is 10.2 Å². The number of nitrogens with zero attached hydrogens (tertiary/aromatic N) is 3. The number of non-ortho nitro benzene ring substituents is 1. The minimum atomic E-state index is -0.493. The Labute approximate surface area is 181 Å². The number of hydrogen-bond acceptors (Lipinski definition) is 7. The third-order valence-electron chi connectivity index (χ3n) is 5.09. The summed E-state index contributed by atoms with van der Waals surface area (Å²) in [6, 6.07) is 23.0. The second kappa shape index (κ2) is 7.92. The Bertz CT molecular complexity index is 1420. The molecule has 0 aliphatic rings. The van der Waals surface area contributed by atoms with Crippen molar-refractivity contribution in [3.05, 3.63) is 100 Å². The molecule has 8 heteroatoms. The maximum absolute atomic E-state index is 13.0. The predicted molar refractivity (Wildman–Crippen MR) is 117 cm³/mol. The molecular weight excluding hydrogens is 410 g/mol. The zero-order chi connectivity index (χ0) is 22.1. The highest BCUT2D eigenvalue weighted by molar-refractivity contribution is 6.16. The van der Waals surface area contributed by atoms with Crippen molar-refractivity contribution in [2.45, 2.75) is 6.61 Å². The molecule has 0 bridgehead atoms. The van der Waals surface area contributed by atoms with E-state index in [4.69, 9.17) is 9.15 Å². The number of carbonyl (C=O) groups excluding carboxylic acids is 1. The molecule has 0 saturated carbocycles. The van der Waals surface area contributed by atoms with Crippen LogP contribution in [-0.4, -0.2) is 21.1 Å². The van der Waals surface area contributed by atoms with Gasteiger partial charge in [0.2, 0.25) is 5.89 Å². The third kappa shape index (κ3) is 3.54. The highest BCUT2D eigenvalue weighted by Gasteiger charge is 2.18. The molecule has 0 fully saturated rings. The first-order valence-corrected chi connectivity index (χ1v) is 9.75.